The van der Waals surface area contributed by atoms with Crippen molar-refractivity contribution in [3.63, 3.8) is 0 Å². The third-order valence-corrected chi connectivity index (χ3v) is 3.70. The topological polar surface area (TPSA) is 70.6 Å². The molecule has 0 saturated heterocycles. The van der Waals surface area contributed by atoms with E-state index in [9.17, 15) is 9.59 Å². The van der Waals surface area contributed by atoms with Crippen LogP contribution in [0.3, 0.4) is 0 Å². The second kappa shape index (κ2) is 8.40. The van der Waals surface area contributed by atoms with Gasteiger partial charge in [0, 0.05) is 21.4 Å². The number of hydrogen-bond acceptors (Lipinski definition) is 3. The predicted octanol–water partition coefficient (Wildman–Crippen LogP) is 3.89. The van der Waals surface area contributed by atoms with Crippen molar-refractivity contribution in [3.8, 4) is 0 Å². The molecule has 5 nitrogen and oxygen atoms in total. The molecule has 0 heterocycles. The number of halogens is 1. The van der Waals surface area contributed by atoms with Crippen molar-refractivity contribution in [2.24, 2.45) is 5.10 Å². The molecule has 0 radical (unpaired) electrons. The summed E-state index contributed by atoms with van der Waals surface area (Å²) in [5, 5.41) is 6.75. The highest BCUT2D eigenvalue weighted by Gasteiger charge is 2.07. The fraction of sp³-hybridized carbons (Fsp3) is 0.167. The first kappa shape index (κ1) is 17.9. The predicted molar refractivity (Wildman–Crippen MR) is 99.1 cm³/mol. The molecule has 0 bridgehead atoms. The van der Waals surface area contributed by atoms with Gasteiger partial charge in [-0.25, -0.2) is 5.43 Å². The van der Waals surface area contributed by atoms with Gasteiger partial charge in [-0.2, -0.15) is 5.10 Å². The van der Waals surface area contributed by atoms with Crippen LogP contribution < -0.4 is 10.7 Å². The third kappa shape index (κ3) is 5.62. The van der Waals surface area contributed by atoms with Crippen LogP contribution in [0.2, 0.25) is 0 Å². The lowest BCUT2D eigenvalue weighted by Crippen LogP contribution is -2.21. The monoisotopic (exact) mass is 387 g/mol. The lowest BCUT2D eigenvalue weighted by Gasteiger charge is -2.06. The maximum Gasteiger partial charge on any atom is 0.271 e. The molecule has 24 heavy (non-hydrogen) atoms. The van der Waals surface area contributed by atoms with E-state index in [1.165, 1.54) is 0 Å². The van der Waals surface area contributed by atoms with Crippen molar-refractivity contribution in [2.75, 3.05) is 5.32 Å². The van der Waals surface area contributed by atoms with Crippen molar-refractivity contribution in [3.05, 3.63) is 64.1 Å². The molecule has 0 saturated carbocycles. The summed E-state index contributed by atoms with van der Waals surface area (Å²) in [4.78, 5) is 23.9. The minimum atomic E-state index is -0.300. The molecular formula is C18H18BrN3O2. The number of carbonyl (C=O) groups excluding carboxylic acids is 2. The van der Waals surface area contributed by atoms with Gasteiger partial charge in [0.2, 0.25) is 5.91 Å². The number of nitrogens with one attached hydrogen (secondary N) is 2. The van der Waals surface area contributed by atoms with Gasteiger partial charge in [0.15, 0.2) is 0 Å². The molecule has 0 aliphatic heterocycles. The van der Waals surface area contributed by atoms with Crippen molar-refractivity contribution in [2.45, 2.75) is 20.3 Å². The van der Waals surface area contributed by atoms with Crippen LogP contribution in [0.5, 0.6) is 0 Å². The average Bonchev–Trinajstić information content (AvgIpc) is 2.54. The summed E-state index contributed by atoms with van der Waals surface area (Å²) in [6.07, 6.45) is 0.101. The maximum absolute atomic E-state index is 12.0. The Morgan fingerprint density at radius 2 is 1.83 bits per heavy atom. The molecule has 2 aromatic carbocycles. The minimum Gasteiger partial charge on any atom is -0.326 e. The first-order valence-electron chi connectivity index (χ1n) is 7.39. The molecule has 0 aliphatic rings. The third-order valence-electron chi connectivity index (χ3n) is 3.17. The summed E-state index contributed by atoms with van der Waals surface area (Å²) in [7, 11) is 0. The van der Waals surface area contributed by atoms with Crippen LogP contribution in [0.15, 0.2) is 58.1 Å². The first-order chi connectivity index (χ1) is 11.4. The van der Waals surface area contributed by atoms with Crippen LogP contribution in [-0.4, -0.2) is 17.5 Å². The number of amides is 2. The highest BCUT2D eigenvalue weighted by atomic mass is 79.9. The summed E-state index contributed by atoms with van der Waals surface area (Å²) in [5.41, 5.74) is 5.22. The second-order valence-corrected chi connectivity index (χ2v) is 6.31. The zero-order chi connectivity index (χ0) is 17.5. The lowest BCUT2D eigenvalue weighted by molar-refractivity contribution is -0.115. The van der Waals surface area contributed by atoms with Crippen LogP contribution in [0.25, 0.3) is 0 Å². The molecule has 0 spiro atoms. The van der Waals surface area contributed by atoms with Gasteiger partial charge in [-0.15, -0.1) is 0 Å². The highest BCUT2D eigenvalue weighted by molar-refractivity contribution is 9.10. The van der Waals surface area contributed by atoms with Gasteiger partial charge >= 0.3 is 0 Å². The van der Waals surface area contributed by atoms with Crippen LogP contribution in [0.4, 0.5) is 5.69 Å². The Balaban J connectivity index is 1.87. The zero-order valence-corrected chi connectivity index (χ0v) is 15.1. The Kier molecular flexibility index (Phi) is 6.26. The fourth-order valence-corrected chi connectivity index (χ4v) is 2.27. The number of aryl methyl sites for hydroxylation is 1. The molecule has 0 fully saturated rings. The van der Waals surface area contributed by atoms with Gasteiger partial charge in [-0.05, 0) is 50.2 Å². The van der Waals surface area contributed by atoms with Crippen LogP contribution >= 0.6 is 15.9 Å². The summed E-state index contributed by atoms with van der Waals surface area (Å²) < 4.78 is 0.942. The molecule has 0 aliphatic carbocycles. The van der Waals surface area contributed by atoms with Gasteiger partial charge in [0.1, 0.15) is 0 Å². The van der Waals surface area contributed by atoms with E-state index in [2.05, 4.69) is 31.8 Å². The van der Waals surface area contributed by atoms with Crippen LogP contribution in [0.1, 0.15) is 29.3 Å². The Labute approximate surface area is 149 Å². The van der Waals surface area contributed by atoms with Crippen molar-refractivity contribution in [1.82, 2.24) is 5.43 Å². The number of benzene rings is 2. The second-order valence-electron chi connectivity index (χ2n) is 5.39. The molecule has 6 heteroatoms. The Morgan fingerprint density at radius 3 is 2.50 bits per heavy atom. The minimum absolute atomic E-state index is 0.101. The largest absolute Gasteiger partial charge is 0.326 e. The van der Waals surface area contributed by atoms with Crippen molar-refractivity contribution >= 4 is 39.1 Å². The van der Waals surface area contributed by atoms with E-state index in [0.717, 1.165) is 10.0 Å². The summed E-state index contributed by atoms with van der Waals surface area (Å²) >= 11 is 3.34. The lowest BCUT2D eigenvalue weighted by atomic mass is 10.1. The SMILES string of the molecule is C/C(CC(=O)Nc1ccc(Br)cc1)=N/NC(=O)c1cccc(C)c1. The van der Waals surface area contributed by atoms with Crippen molar-refractivity contribution in [1.29, 1.82) is 0 Å². The normalized spacial score (nSPS) is 11.0. The number of carbonyl (C=O) groups is 2. The van der Waals surface area contributed by atoms with Gasteiger partial charge in [-0.1, -0.05) is 33.6 Å². The summed E-state index contributed by atoms with van der Waals surface area (Å²) in [5.74, 6) is -0.491. The molecule has 124 valence electrons. The van der Waals surface area contributed by atoms with E-state index in [1.807, 2.05) is 31.2 Å². The quantitative estimate of drug-likeness (QED) is 0.603. The number of hydrazone groups is 1. The number of nitrogens with zero attached hydrogens (tertiary/aromatic N) is 1. The van der Waals surface area contributed by atoms with E-state index < -0.39 is 0 Å². The summed E-state index contributed by atoms with van der Waals surface area (Å²) in [6, 6.07) is 14.5. The molecule has 0 unspecified atom stereocenters. The molecule has 2 amide bonds. The van der Waals surface area contributed by atoms with E-state index in [1.54, 1.807) is 31.2 Å². The van der Waals surface area contributed by atoms with E-state index in [-0.39, 0.29) is 18.2 Å². The van der Waals surface area contributed by atoms with Crippen molar-refractivity contribution < 1.29 is 9.59 Å². The molecule has 2 N–H and O–H groups in total. The number of hydrogen-bond donors (Lipinski definition) is 2. The molecule has 0 aromatic heterocycles. The number of anilines is 1. The van der Waals surface area contributed by atoms with E-state index in [4.69, 9.17) is 0 Å². The molecule has 2 aromatic rings. The molecule has 0 atom stereocenters. The van der Waals surface area contributed by atoms with E-state index in [0.29, 0.717) is 17.0 Å². The Bertz CT molecular complexity index is 770. The molecule has 2 rings (SSSR count). The Hall–Kier alpha value is -2.47. The van der Waals surface area contributed by atoms with Crippen LogP contribution in [-0.2, 0) is 4.79 Å². The summed E-state index contributed by atoms with van der Waals surface area (Å²) in [6.45, 7) is 3.61. The average molecular weight is 388 g/mol. The van der Waals surface area contributed by atoms with Crippen LogP contribution in [0, 0.1) is 6.92 Å². The highest BCUT2D eigenvalue weighted by Crippen LogP contribution is 2.14. The molecular weight excluding hydrogens is 370 g/mol. The number of rotatable bonds is 5. The van der Waals surface area contributed by atoms with Gasteiger partial charge in [0.05, 0.1) is 6.42 Å². The maximum atomic E-state index is 12.0. The van der Waals surface area contributed by atoms with E-state index >= 15 is 0 Å². The smallest absolute Gasteiger partial charge is 0.271 e. The van der Waals surface area contributed by atoms with Gasteiger partial charge < -0.3 is 5.32 Å². The standard InChI is InChI=1S/C18H18BrN3O2/c1-12-4-3-5-14(10-12)18(24)22-21-13(2)11-17(23)20-16-8-6-15(19)7-9-16/h3-10H,11H2,1-2H3,(H,20,23)(H,22,24)/b21-13-. The Morgan fingerprint density at radius 1 is 1.12 bits per heavy atom. The van der Waals surface area contributed by atoms with Gasteiger partial charge in [0.25, 0.3) is 5.91 Å². The fourth-order valence-electron chi connectivity index (χ4n) is 2.01. The first-order valence-corrected chi connectivity index (χ1v) is 8.19. The zero-order valence-electron chi connectivity index (χ0n) is 13.5. The van der Waals surface area contributed by atoms with Gasteiger partial charge in [-0.3, -0.25) is 9.59 Å².